The maximum Gasteiger partial charge on any atom is 0.169 e. The molecular formula is C12H15BrFNO2S2. The van der Waals surface area contributed by atoms with Gasteiger partial charge in [-0.25, -0.2) is 12.8 Å². The Kier molecular flexibility index (Phi) is 4.79. The van der Waals surface area contributed by atoms with E-state index >= 15 is 0 Å². The predicted octanol–water partition coefficient (Wildman–Crippen LogP) is 2.64. The van der Waals surface area contributed by atoms with E-state index in [0.29, 0.717) is 28.9 Å². The van der Waals surface area contributed by atoms with Gasteiger partial charge in [0.25, 0.3) is 0 Å². The van der Waals surface area contributed by atoms with Crippen LogP contribution in [0, 0.1) is 5.82 Å². The molecule has 1 atom stereocenters. The van der Waals surface area contributed by atoms with Crippen molar-refractivity contribution in [2.45, 2.75) is 10.7 Å². The lowest BCUT2D eigenvalue weighted by molar-refractivity contribution is 0.582. The van der Waals surface area contributed by atoms with E-state index in [1.165, 1.54) is 12.3 Å². The first-order chi connectivity index (χ1) is 8.95. The lowest BCUT2D eigenvalue weighted by Crippen LogP contribution is -2.47. The standard InChI is InChI=1S/C12H15BrFNO2S2/c1-19(16,17)12-8-18-6-5-15(12)11-4-2-3-10(14)9(11)7-13/h2-4,12H,5-8H2,1H3. The molecule has 1 aliphatic heterocycles. The molecule has 106 valence electrons. The van der Waals surface area contributed by atoms with Gasteiger partial charge in [0.05, 0.1) is 0 Å². The minimum atomic E-state index is -3.19. The van der Waals surface area contributed by atoms with Gasteiger partial charge in [0.2, 0.25) is 0 Å². The molecule has 1 saturated heterocycles. The molecule has 7 heteroatoms. The van der Waals surface area contributed by atoms with Crippen molar-refractivity contribution in [2.75, 3.05) is 29.2 Å². The van der Waals surface area contributed by atoms with Crippen LogP contribution in [0.2, 0.25) is 0 Å². The third-order valence-electron chi connectivity index (χ3n) is 3.12. The minimum absolute atomic E-state index is 0.306. The molecule has 1 heterocycles. The highest BCUT2D eigenvalue weighted by molar-refractivity contribution is 9.08. The quantitative estimate of drug-likeness (QED) is 0.769. The molecule has 1 aromatic rings. The summed E-state index contributed by atoms with van der Waals surface area (Å²) in [5.74, 6) is 1.07. The van der Waals surface area contributed by atoms with Crippen LogP contribution in [-0.4, -0.2) is 38.1 Å². The number of benzene rings is 1. The molecular weight excluding hydrogens is 353 g/mol. The molecule has 1 aliphatic rings. The number of thioether (sulfide) groups is 1. The number of rotatable bonds is 3. The fraction of sp³-hybridized carbons (Fsp3) is 0.500. The Hall–Kier alpha value is -0.270. The molecule has 3 nitrogen and oxygen atoms in total. The van der Waals surface area contributed by atoms with Gasteiger partial charge in [-0.1, -0.05) is 22.0 Å². The minimum Gasteiger partial charge on any atom is -0.353 e. The van der Waals surface area contributed by atoms with Gasteiger partial charge in [0.1, 0.15) is 11.2 Å². The maximum absolute atomic E-state index is 13.8. The van der Waals surface area contributed by atoms with Crippen molar-refractivity contribution in [1.82, 2.24) is 0 Å². The molecule has 1 aromatic carbocycles. The second kappa shape index (κ2) is 6.01. The first-order valence-corrected chi connectivity index (χ1v) is 10.0. The number of anilines is 1. The summed E-state index contributed by atoms with van der Waals surface area (Å²) in [7, 11) is -3.19. The normalized spacial score (nSPS) is 20.6. The number of alkyl halides is 1. The predicted molar refractivity (Wildman–Crippen MR) is 82.3 cm³/mol. The van der Waals surface area contributed by atoms with Crippen LogP contribution in [-0.2, 0) is 15.2 Å². The molecule has 0 spiro atoms. The Balaban J connectivity index is 2.46. The maximum atomic E-state index is 13.8. The highest BCUT2D eigenvalue weighted by Gasteiger charge is 2.32. The van der Waals surface area contributed by atoms with Crippen LogP contribution < -0.4 is 4.90 Å². The van der Waals surface area contributed by atoms with Gasteiger partial charge in [-0.05, 0) is 12.1 Å². The van der Waals surface area contributed by atoms with Crippen LogP contribution in [0.3, 0.4) is 0 Å². The summed E-state index contributed by atoms with van der Waals surface area (Å²) in [6.07, 6.45) is 1.24. The molecule has 0 aromatic heterocycles. The zero-order valence-electron chi connectivity index (χ0n) is 10.5. The zero-order valence-corrected chi connectivity index (χ0v) is 13.7. The first kappa shape index (κ1) is 15.1. The van der Waals surface area contributed by atoms with Crippen molar-refractivity contribution in [3.8, 4) is 0 Å². The second-order valence-electron chi connectivity index (χ2n) is 4.42. The molecule has 0 radical (unpaired) electrons. The van der Waals surface area contributed by atoms with Gasteiger partial charge in [-0.3, -0.25) is 0 Å². The Bertz CT molecular complexity index is 565. The topological polar surface area (TPSA) is 37.4 Å². The number of hydrogen-bond donors (Lipinski definition) is 0. The van der Waals surface area contributed by atoms with Gasteiger partial charge in [-0.2, -0.15) is 11.8 Å². The van der Waals surface area contributed by atoms with Gasteiger partial charge in [0, 0.05) is 40.9 Å². The lowest BCUT2D eigenvalue weighted by Gasteiger charge is -2.37. The van der Waals surface area contributed by atoms with Crippen molar-refractivity contribution in [3.05, 3.63) is 29.6 Å². The number of sulfone groups is 1. The van der Waals surface area contributed by atoms with Gasteiger partial charge < -0.3 is 4.90 Å². The summed E-state index contributed by atoms with van der Waals surface area (Å²) >= 11 is 4.89. The summed E-state index contributed by atoms with van der Waals surface area (Å²) in [6.45, 7) is 0.617. The molecule has 0 amide bonds. The van der Waals surface area contributed by atoms with E-state index in [9.17, 15) is 12.8 Å². The fourth-order valence-corrected chi connectivity index (χ4v) is 5.55. The van der Waals surface area contributed by atoms with E-state index in [2.05, 4.69) is 15.9 Å². The molecule has 0 N–H and O–H groups in total. The molecule has 1 unspecified atom stereocenters. The molecule has 2 rings (SSSR count). The summed E-state index contributed by atoms with van der Waals surface area (Å²) in [5, 5.41) is -0.208. The third-order valence-corrected chi connectivity index (χ3v) is 6.32. The fourth-order valence-electron chi connectivity index (χ4n) is 2.16. The van der Waals surface area contributed by atoms with E-state index < -0.39 is 15.2 Å². The van der Waals surface area contributed by atoms with Crippen LogP contribution in [0.5, 0.6) is 0 Å². The highest BCUT2D eigenvalue weighted by Crippen LogP contribution is 2.31. The highest BCUT2D eigenvalue weighted by atomic mass is 79.9. The lowest BCUT2D eigenvalue weighted by atomic mass is 10.1. The largest absolute Gasteiger partial charge is 0.353 e. The van der Waals surface area contributed by atoms with Crippen LogP contribution in [0.25, 0.3) is 0 Å². The molecule has 0 saturated carbocycles. The van der Waals surface area contributed by atoms with Crippen molar-refractivity contribution in [1.29, 1.82) is 0 Å². The van der Waals surface area contributed by atoms with Gasteiger partial charge >= 0.3 is 0 Å². The average molecular weight is 368 g/mol. The van der Waals surface area contributed by atoms with Crippen molar-refractivity contribution < 1.29 is 12.8 Å². The van der Waals surface area contributed by atoms with Crippen molar-refractivity contribution in [3.63, 3.8) is 0 Å². The molecule has 0 bridgehead atoms. The monoisotopic (exact) mass is 367 g/mol. The molecule has 19 heavy (non-hydrogen) atoms. The van der Waals surface area contributed by atoms with E-state index in [1.807, 2.05) is 4.90 Å². The van der Waals surface area contributed by atoms with Crippen molar-refractivity contribution >= 4 is 43.2 Å². The number of halogens is 2. The first-order valence-electron chi connectivity index (χ1n) is 5.81. The van der Waals surface area contributed by atoms with Gasteiger partial charge in [0.15, 0.2) is 9.84 Å². The summed E-state index contributed by atoms with van der Waals surface area (Å²) in [6, 6.07) is 4.81. The van der Waals surface area contributed by atoms with Crippen LogP contribution >= 0.6 is 27.7 Å². The van der Waals surface area contributed by atoms with E-state index in [-0.39, 0.29) is 5.82 Å². The van der Waals surface area contributed by atoms with Crippen molar-refractivity contribution in [2.24, 2.45) is 0 Å². The Morgan fingerprint density at radius 1 is 1.53 bits per heavy atom. The van der Waals surface area contributed by atoms with Gasteiger partial charge in [-0.15, -0.1) is 0 Å². The summed E-state index contributed by atoms with van der Waals surface area (Å²) in [5.41, 5.74) is 1.19. The second-order valence-corrected chi connectivity index (χ2v) is 8.34. The van der Waals surface area contributed by atoms with Crippen LogP contribution in [0.15, 0.2) is 18.2 Å². The molecule has 0 aliphatic carbocycles. The zero-order chi connectivity index (χ0) is 14.0. The number of hydrogen-bond acceptors (Lipinski definition) is 4. The number of nitrogens with zero attached hydrogens (tertiary/aromatic N) is 1. The Morgan fingerprint density at radius 2 is 2.26 bits per heavy atom. The Morgan fingerprint density at radius 3 is 2.89 bits per heavy atom. The van der Waals surface area contributed by atoms with E-state index in [4.69, 9.17) is 0 Å². The molecule has 1 fully saturated rings. The van der Waals surface area contributed by atoms with E-state index in [0.717, 1.165) is 5.75 Å². The SMILES string of the molecule is CS(=O)(=O)C1CSCCN1c1cccc(F)c1CBr. The van der Waals surface area contributed by atoms with Crippen LogP contribution in [0.1, 0.15) is 5.56 Å². The smallest absolute Gasteiger partial charge is 0.169 e. The third kappa shape index (κ3) is 3.25. The summed E-state index contributed by atoms with van der Waals surface area (Å²) in [4.78, 5) is 1.81. The van der Waals surface area contributed by atoms with Crippen LogP contribution in [0.4, 0.5) is 10.1 Å². The van der Waals surface area contributed by atoms with E-state index in [1.54, 1.807) is 23.9 Å². The summed E-state index contributed by atoms with van der Waals surface area (Å²) < 4.78 is 37.6. The Labute approximate surface area is 125 Å². The average Bonchev–Trinajstić information content (AvgIpc) is 2.37.